The van der Waals surface area contributed by atoms with Crippen molar-refractivity contribution in [1.29, 1.82) is 0 Å². The summed E-state index contributed by atoms with van der Waals surface area (Å²) in [5.74, 6) is -1.69. The second kappa shape index (κ2) is 7.73. The van der Waals surface area contributed by atoms with Crippen LogP contribution in [0.2, 0.25) is 0 Å². The molecule has 2 amide bonds. The van der Waals surface area contributed by atoms with E-state index in [2.05, 4.69) is 0 Å². The van der Waals surface area contributed by atoms with Gasteiger partial charge < -0.3 is 14.5 Å². The number of carbonyl (C=O) groups is 2. The first-order valence-electron chi connectivity index (χ1n) is 8.59. The minimum absolute atomic E-state index is 0.181. The van der Waals surface area contributed by atoms with Crippen molar-refractivity contribution in [3.63, 3.8) is 0 Å². The topological polar surface area (TPSA) is 49.9 Å². The molecule has 3 rings (SSSR count). The molecule has 2 aromatic rings. The molecule has 0 N–H and O–H groups in total. The molecule has 5 nitrogen and oxygen atoms in total. The first-order chi connectivity index (χ1) is 12.9. The number of halogens is 2. The van der Waals surface area contributed by atoms with Gasteiger partial charge in [0.2, 0.25) is 0 Å². The number of rotatable bonds is 3. The summed E-state index contributed by atoms with van der Waals surface area (Å²) in [5.41, 5.74) is 1.11. The zero-order valence-electron chi connectivity index (χ0n) is 15.2. The maximum Gasteiger partial charge on any atom is 0.257 e. The maximum atomic E-state index is 13.8. The summed E-state index contributed by atoms with van der Waals surface area (Å²) in [5, 5.41) is 0. The minimum Gasteiger partial charge on any atom is -0.496 e. The van der Waals surface area contributed by atoms with Crippen LogP contribution in [0.5, 0.6) is 5.75 Å². The maximum absolute atomic E-state index is 13.8. The van der Waals surface area contributed by atoms with E-state index in [9.17, 15) is 18.4 Å². The average Bonchev–Trinajstić information content (AvgIpc) is 2.69. The molecule has 0 bridgehead atoms. The van der Waals surface area contributed by atoms with Crippen molar-refractivity contribution >= 4 is 11.8 Å². The Labute approximate surface area is 156 Å². The van der Waals surface area contributed by atoms with Gasteiger partial charge in [0.1, 0.15) is 17.4 Å². The van der Waals surface area contributed by atoms with Crippen molar-refractivity contribution in [2.45, 2.75) is 6.92 Å². The van der Waals surface area contributed by atoms with Crippen LogP contribution in [0.25, 0.3) is 0 Å². The summed E-state index contributed by atoms with van der Waals surface area (Å²) < 4.78 is 32.4. The molecule has 142 valence electrons. The number of piperazine rings is 1. The van der Waals surface area contributed by atoms with Crippen LogP contribution < -0.4 is 4.74 Å². The molecule has 27 heavy (non-hydrogen) atoms. The molecule has 7 heteroatoms. The SMILES string of the molecule is COc1ccc(C)cc1C(=O)N1CCN(C(=O)c2cc(F)ccc2F)CC1. The molecular formula is C20H20F2N2O3. The van der Waals surface area contributed by atoms with Crippen molar-refractivity contribution in [1.82, 2.24) is 9.80 Å². The second-order valence-electron chi connectivity index (χ2n) is 6.41. The fourth-order valence-corrected chi connectivity index (χ4v) is 3.10. The van der Waals surface area contributed by atoms with E-state index in [1.165, 1.54) is 12.0 Å². The van der Waals surface area contributed by atoms with Gasteiger partial charge in [0.25, 0.3) is 11.8 Å². The van der Waals surface area contributed by atoms with Crippen molar-refractivity contribution in [3.8, 4) is 5.75 Å². The molecule has 1 aliphatic rings. The van der Waals surface area contributed by atoms with Gasteiger partial charge in [0.05, 0.1) is 18.2 Å². The fourth-order valence-electron chi connectivity index (χ4n) is 3.10. The molecule has 0 aromatic heterocycles. The summed E-state index contributed by atoms with van der Waals surface area (Å²) >= 11 is 0. The van der Waals surface area contributed by atoms with Crippen molar-refractivity contribution in [2.75, 3.05) is 33.3 Å². The highest BCUT2D eigenvalue weighted by atomic mass is 19.1. The predicted octanol–water partition coefficient (Wildman–Crippen LogP) is 2.88. The number of hydrogen-bond donors (Lipinski definition) is 0. The first-order valence-corrected chi connectivity index (χ1v) is 8.59. The standard InChI is InChI=1S/C20H20F2N2O3/c1-13-3-6-18(27-2)16(11-13)20(26)24-9-7-23(8-10-24)19(25)15-12-14(21)4-5-17(15)22/h3-6,11-12H,7-10H2,1-2H3. The van der Waals surface area contributed by atoms with Crippen molar-refractivity contribution in [3.05, 3.63) is 64.7 Å². The summed E-state index contributed by atoms with van der Waals surface area (Å²) in [7, 11) is 1.51. The van der Waals surface area contributed by atoms with Gasteiger partial charge in [-0.25, -0.2) is 8.78 Å². The van der Waals surface area contributed by atoms with Gasteiger partial charge in [-0.1, -0.05) is 11.6 Å². The van der Waals surface area contributed by atoms with Crippen molar-refractivity contribution in [2.24, 2.45) is 0 Å². The molecule has 0 atom stereocenters. The zero-order valence-corrected chi connectivity index (χ0v) is 15.2. The highest BCUT2D eigenvalue weighted by Gasteiger charge is 2.28. The molecule has 0 aliphatic carbocycles. The monoisotopic (exact) mass is 374 g/mol. The molecule has 0 radical (unpaired) electrons. The Hall–Kier alpha value is -2.96. The molecule has 0 unspecified atom stereocenters. The fraction of sp³-hybridized carbons (Fsp3) is 0.300. The molecule has 1 heterocycles. The highest BCUT2D eigenvalue weighted by molar-refractivity contribution is 5.98. The molecule has 2 aromatic carbocycles. The zero-order chi connectivity index (χ0) is 19.6. The highest BCUT2D eigenvalue weighted by Crippen LogP contribution is 2.22. The van der Waals surface area contributed by atoms with Crippen LogP contribution >= 0.6 is 0 Å². The number of aryl methyl sites for hydroxylation is 1. The third kappa shape index (κ3) is 3.92. The minimum atomic E-state index is -0.760. The molecule has 0 spiro atoms. The number of amides is 2. The number of ether oxygens (including phenoxy) is 1. The number of benzene rings is 2. The van der Waals surface area contributed by atoms with Crippen LogP contribution in [0.3, 0.4) is 0 Å². The van der Waals surface area contributed by atoms with Gasteiger partial charge in [-0.3, -0.25) is 9.59 Å². The van der Waals surface area contributed by atoms with Crippen LogP contribution in [0.4, 0.5) is 8.78 Å². The second-order valence-corrected chi connectivity index (χ2v) is 6.41. The van der Waals surface area contributed by atoms with Crippen LogP contribution in [0.15, 0.2) is 36.4 Å². The van der Waals surface area contributed by atoms with Gasteiger partial charge >= 0.3 is 0 Å². The average molecular weight is 374 g/mol. The van der Waals surface area contributed by atoms with E-state index >= 15 is 0 Å². The Kier molecular flexibility index (Phi) is 5.39. The van der Waals surface area contributed by atoms with E-state index < -0.39 is 17.5 Å². The first kappa shape index (κ1) is 18.8. The summed E-state index contributed by atoms with van der Waals surface area (Å²) in [6.07, 6.45) is 0. The Bertz CT molecular complexity index is 878. The summed E-state index contributed by atoms with van der Waals surface area (Å²) in [4.78, 5) is 28.3. The van der Waals surface area contributed by atoms with Gasteiger partial charge in [0.15, 0.2) is 0 Å². The lowest BCUT2D eigenvalue weighted by Gasteiger charge is -2.35. The van der Waals surface area contributed by atoms with Crippen LogP contribution in [-0.4, -0.2) is 54.9 Å². The van der Waals surface area contributed by atoms with E-state index in [0.717, 1.165) is 23.8 Å². The van der Waals surface area contributed by atoms with Crippen LogP contribution in [0, 0.1) is 18.6 Å². The van der Waals surface area contributed by atoms with Crippen molar-refractivity contribution < 1.29 is 23.1 Å². The Morgan fingerprint density at radius 2 is 1.48 bits per heavy atom. The van der Waals surface area contributed by atoms with E-state index in [4.69, 9.17) is 4.74 Å². The number of hydrogen-bond acceptors (Lipinski definition) is 3. The molecule has 0 saturated carbocycles. The summed E-state index contributed by atoms with van der Waals surface area (Å²) in [6, 6.07) is 8.17. The quantitative estimate of drug-likeness (QED) is 0.830. The number of nitrogens with zero attached hydrogens (tertiary/aromatic N) is 2. The normalized spacial score (nSPS) is 14.2. The Morgan fingerprint density at radius 1 is 0.889 bits per heavy atom. The van der Waals surface area contributed by atoms with E-state index in [1.54, 1.807) is 17.0 Å². The largest absolute Gasteiger partial charge is 0.496 e. The Morgan fingerprint density at radius 3 is 2.07 bits per heavy atom. The Balaban J connectivity index is 1.70. The van der Waals surface area contributed by atoms with E-state index in [-0.39, 0.29) is 24.6 Å². The van der Waals surface area contributed by atoms with Crippen LogP contribution in [0.1, 0.15) is 26.3 Å². The van der Waals surface area contributed by atoms with Gasteiger partial charge in [-0.15, -0.1) is 0 Å². The number of carbonyl (C=O) groups excluding carboxylic acids is 2. The lowest BCUT2D eigenvalue weighted by atomic mass is 10.1. The van der Waals surface area contributed by atoms with Gasteiger partial charge in [-0.2, -0.15) is 0 Å². The molecule has 1 saturated heterocycles. The third-order valence-corrected chi connectivity index (χ3v) is 4.60. The predicted molar refractivity (Wildman–Crippen MR) is 95.9 cm³/mol. The molecule has 1 fully saturated rings. The van der Waals surface area contributed by atoms with Crippen LogP contribution in [-0.2, 0) is 0 Å². The number of methoxy groups -OCH3 is 1. The third-order valence-electron chi connectivity index (χ3n) is 4.60. The molecular weight excluding hydrogens is 354 g/mol. The smallest absolute Gasteiger partial charge is 0.257 e. The van der Waals surface area contributed by atoms with E-state index in [0.29, 0.717) is 24.4 Å². The lowest BCUT2D eigenvalue weighted by Crippen LogP contribution is -2.50. The van der Waals surface area contributed by atoms with Gasteiger partial charge in [0, 0.05) is 26.2 Å². The van der Waals surface area contributed by atoms with E-state index in [1.807, 2.05) is 13.0 Å². The summed E-state index contributed by atoms with van der Waals surface area (Å²) in [6.45, 7) is 2.99. The molecule has 1 aliphatic heterocycles. The van der Waals surface area contributed by atoms with Gasteiger partial charge in [-0.05, 0) is 37.3 Å². The lowest BCUT2D eigenvalue weighted by molar-refractivity contribution is 0.0530.